The third-order valence-electron chi connectivity index (χ3n) is 5.22. The van der Waals surface area contributed by atoms with Gasteiger partial charge in [-0.2, -0.15) is 33.5 Å². The molecule has 1 aliphatic rings. The van der Waals surface area contributed by atoms with Crippen molar-refractivity contribution in [2.24, 2.45) is 0 Å². The van der Waals surface area contributed by atoms with Crippen molar-refractivity contribution in [1.29, 1.82) is 0 Å². The van der Waals surface area contributed by atoms with E-state index in [9.17, 15) is 41.4 Å². The molecule has 0 unspecified atom stereocenters. The van der Waals surface area contributed by atoms with Gasteiger partial charge in [-0.05, 0) is 36.4 Å². The van der Waals surface area contributed by atoms with Gasteiger partial charge < -0.3 is 10.4 Å². The van der Waals surface area contributed by atoms with E-state index in [2.05, 4.69) is 15.4 Å². The summed E-state index contributed by atoms with van der Waals surface area (Å²) >= 11 is 0. The predicted octanol–water partition coefficient (Wildman–Crippen LogP) is 2.68. The van der Waals surface area contributed by atoms with Gasteiger partial charge in [0.1, 0.15) is 17.1 Å². The molecule has 1 fully saturated rings. The summed E-state index contributed by atoms with van der Waals surface area (Å²) in [6.07, 6.45) is -5.09. The van der Waals surface area contributed by atoms with E-state index >= 15 is 0 Å². The number of nitrogens with one attached hydrogen (secondary N) is 1. The number of halogens is 4. The Morgan fingerprint density at radius 3 is 2.46 bits per heavy atom. The van der Waals surface area contributed by atoms with Crippen LogP contribution in [0.2, 0.25) is 0 Å². The van der Waals surface area contributed by atoms with E-state index in [-0.39, 0.29) is 28.5 Å². The summed E-state index contributed by atoms with van der Waals surface area (Å²) < 4.78 is 72.7. The fourth-order valence-corrected chi connectivity index (χ4v) is 5.33. The van der Waals surface area contributed by atoms with Gasteiger partial charge in [-0.3, -0.25) is 23.7 Å². The summed E-state index contributed by atoms with van der Waals surface area (Å²) in [5.74, 6) is -2.36. The van der Waals surface area contributed by atoms with Gasteiger partial charge in [-0.1, -0.05) is 6.07 Å². The van der Waals surface area contributed by atoms with Gasteiger partial charge in [-0.25, -0.2) is 4.39 Å². The van der Waals surface area contributed by atoms with Gasteiger partial charge in [0.25, 0.3) is 11.5 Å². The average Bonchev–Trinajstić information content (AvgIpc) is 3.04. The number of alkyl halides is 3. The molecule has 0 radical (unpaired) electrons. The van der Waals surface area contributed by atoms with Crippen LogP contribution in [-0.4, -0.2) is 58.5 Å². The number of aliphatic hydroxyl groups is 1. The summed E-state index contributed by atoms with van der Waals surface area (Å²) in [6, 6.07) is 6.45. The third kappa shape index (κ3) is 5.35. The fraction of sp³-hybridized carbons (Fsp3) is 0.238. The predicted molar refractivity (Wildman–Crippen MR) is 118 cm³/mol. The lowest BCUT2D eigenvalue weighted by Gasteiger charge is -2.25. The van der Waals surface area contributed by atoms with Crippen LogP contribution in [0.4, 0.5) is 17.6 Å². The molecule has 0 bridgehead atoms. The van der Waals surface area contributed by atoms with Gasteiger partial charge in [0.05, 0.1) is 35.0 Å². The van der Waals surface area contributed by atoms with Crippen LogP contribution in [0.3, 0.4) is 0 Å². The standard InChI is InChI=1S/C21H18F4N4O5S/c22-12-2-1-3-13(6-12)29-20(32)14(19(31)27-16-9-35(33,34)10-17(16)30)7-15(28-29)11-4-5-18(26-8-11)21(23,24)25/h1-8,16-17,30,33-34H,9-10H2,(H,27,31)/t16-,17+/m0/s1. The van der Waals surface area contributed by atoms with Gasteiger partial charge in [0.2, 0.25) is 0 Å². The highest BCUT2D eigenvalue weighted by atomic mass is 32.3. The minimum absolute atomic E-state index is 0.0345. The second kappa shape index (κ2) is 9.03. The smallest absolute Gasteiger partial charge is 0.389 e. The molecule has 1 aromatic carbocycles. The summed E-state index contributed by atoms with van der Waals surface area (Å²) in [7, 11) is -3.11. The lowest BCUT2D eigenvalue weighted by Crippen LogP contribution is -2.44. The maximum Gasteiger partial charge on any atom is 0.433 e. The number of hydrogen-bond donors (Lipinski definition) is 4. The maximum absolute atomic E-state index is 13.8. The SMILES string of the molecule is O=C(N[C@H]1CS(O)(O)C[C@H]1O)c1cc(-c2ccc(C(F)(F)F)nc2)nn(-c2cccc(F)c2)c1=O. The van der Waals surface area contributed by atoms with Crippen molar-refractivity contribution in [3.05, 3.63) is 76.1 Å². The van der Waals surface area contributed by atoms with E-state index in [1.54, 1.807) is 0 Å². The molecule has 1 amide bonds. The summed E-state index contributed by atoms with van der Waals surface area (Å²) in [5.41, 5.74) is -2.79. The van der Waals surface area contributed by atoms with Crippen LogP contribution in [0.15, 0.2) is 53.5 Å². The molecule has 1 aliphatic heterocycles. The minimum Gasteiger partial charge on any atom is -0.389 e. The molecule has 2 atom stereocenters. The van der Waals surface area contributed by atoms with Crippen molar-refractivity contribution in [2.45, 2.75) is 18.3 Å². The molecular formula is C21H18F4N4O5S. The molecular weight excluding hydrogens is 496 g/mol. The first-order valence-electron chi connectivity index (χ1n) is 10.0. The number of amides is 1. The number of rotatable bonds is 4. The second-order valence-electron chi connectivity index (χ2n) is 7.85. The Balaban J connectivity index is 1.79. The van der Waals surface area contributed by atoms with Crippen LogP contribution in [0, 0.1) is 5.82 Å². The molecule has 35 heavy (non-hydrogen) atoms. The molecule has 0 saturated carbocycles. The van der Waals surface area contributed by atoms with Crippen LogP contribution < -0.4 is 10.9 Å². The summed E-state index contributed by atoms with van der Waals surface area (Å²) in [5, 5.41) is 16.5. The van der Waals surface area contributed by atoms with Crippen LogP contribution in [0.1, 0.15) is 16.1 Å². The van der Waals surface area contributed by atoms with Gasteiger partial charge in [-0.15, -0.1) is 0 Å². The van der Waals surface area contributed by atoms with Crippen LogP contribution in [0.25, 0.3) is 16.9 Å². The first-order chi connectivity index (χ1) is 16.3. The Morgan fingerprint density at radius 2 is 1.89 bits per heavy atom. The van der Waals surface area contributed by atoms with E-state index in [1.807, 2.05) is 0 Å². The topological polar surface area (TPSA) is 138 Å². The Labute approximate surface area is 196 Å². The van der Waals surface area contributed by atoms with Gasteiger partial charge >= 0.3 is 6.18 Å². The monoisotopic (exact) mass is 514 g/mol. The molecule has 4 rings (SSSR count). The number of carbonyl (C=O) groups is 1. The molecule has 4 N–H and O–H groups in total. The number of carbonyl (C=O) groups excluding carboxylic acids is 1. The van der Waals surface area contributed by atoms with E-state index < -0.39 is 57.5 Å². The quantitative estimate of drug-likeness (QED) is 0.393. The molecule has 14 heteroatoms. The number of benzene rings is 1. The zero-order valence-corrected chi connectivity index (χ0v) is 18.4. The van der Waals surface area contributed by atoms with E-state index in [4.69, 9.17) is 0 Å². The van der Waals surface area contributed by atoms with Crippen molar-refractivity contribution in [3.8, 4) is 16.9 Å². The Morgan fingerprint density at radius 1 is 1.14 bits per heavy atom. The largest absolute Gasteiger partial charge is 0.433 e. The number of hydrogen-bond acceptors (Lipinski definition) is 7. The maximum atomic E-state index is 13.8. The normalized spacial score (nSPS) is 20.4. The lowest BCUT2D eigenvalue weighted by atomic mass is 10.1. The highest BCUT2D eigenvalue weighted by Gasteiger charge is 2.38. The number of aliphatic hydroxyl groups excluding tert-OH is 1. The third-order valence-corrected chi connectivity index (χ3v) is 6.99. The van der Waals surface area contributed by atoms with Crippen molar-refractivity contribution >= 4 is 16.5 Å². The van der Waals surface area contributed by atoms with Crippen molar-refractivity contribution in [3.63, 3.8) is 0 Å². The van der Waals surface area contributed by atoms with Crippen LogP contribution in [0.5, 0.6) is 0 Å². The van der Waals surface area contributed by atoms with E-state index in [0.29, 0.717) is 10.7 Å². The first kappa shape index (κ1) is 24.8. The molecule has 186 valence electrons. The molecule has 3 aromatic rings. The highest BCUT2D eigenvalue weighted by Crippen LogP contribution is 2.45. The second-order valence-corrected chi connectivity index (χ2v) is 10.1. The Hall–Kier alpha value is -3.33. The number of pyridine rings is 1. The lowest BCUT2D eigenvalue weighted by molar-refractivity contribution is -0.141. The van der Waals surface area contributed by atoms with Gasteiger partial charge in [0.15, 0.2) is 0 Å². The number of nitrogens with zero attached hydrogens (tertiary/aromatic N) is 3. The molecule has 2 aromatic heterocycles. The average molecular weight is 514 g/mol. The first-order valence-corrected chi connectivity index (χ1v) is 11.9. The fourth-order valence-electron chi connectivity index (χ4n) is 3.53. The molecule has 0 aliphatic carbocycles. The molecule has 0 spiro atoms. The number of aromatic nitrogens is 3. The zero-order chi connectivity index (χ0) is 25.5. The van der Waals surface area contributed by atoms with Crippen molar-refractivity contribution in [2.75, 3.05) is 11.5 Å². The Bertz CT molecular complexity index is 1330. The van der Waals surface area contributed by atoms with Crippen molar-refractivity contribution < 1.29 is 36.6 Å². The molecule has 1 saturated heterocycles. The summed E-state index contributed by atoms with van der Waals surface area (Å²) in [6.45, 7) is 0. The zero-order valence-electron chi connectivity index (χ0n) is 17.6. The van der Waals surface area contributed by atoms with Crippen LogP contribution in [-0.2, 0) is 6.18 Å². The molecule has 9 nitrogen and oxygen atoms in total. The minimum atomic E-state index is -4.68. The molecule has 3 heterocycles. The highest BCUT2D eigenvalue weighted by molar-refractivity contribution is 8.24. The summed E-state index contributed by atoms with van der Waals surface area (Å²) in [4.78, 5) is 29.4. The van der Waals surface area contributed by atoms with E-state index in [0.717, 1.165) is 30.5 Å². The van der Waals surface area contributed by atoms with Gasteiger partial charge in [0, 0.05) is 11.8 Å². The Kier molecular flexibility index (Phi) is 6.40. The van der Waals surface area contributed by atoms with E-state index in [1.165, 1.54) is 12.1 Å². The van der Waals surface area contributed by atoms with Crippen LogP contribution >= 0.6 is 10.6 Å². The van der Waals surface area contributed by atoms with Crippen molar-refractivity contribution in [1.82, 2.24) is 20.1 Å².